The topological polar surface area (TPSA) is 84.5 Å². The molecule has 1 fully saturated rings. The van der Waals surface area contributed by atoms with Crippen molar-refractivity contribution in [2.24, 2.45) is 0 Å². The van der Waals surface area contributed by atoms with Crippen molar-refractivity contribution in [3.05, 3.63) is 35.4 Å². The van der Waals surface area contributed by atoms with Crippen molar-refractivity contribution in [2.45, 2.75) is 17.9 Å². The van der Waals surface area contributed by atoms with Gasteiger partial charge in [-0.2, -0.15) is 0 Å². The maximum Gasteiger partial charge on any atom is 0.322 e. The van der Waals surface area contributed by atoms with Crippen LogP contribution in [0, 0.1) is 0 Å². The Morgan fingerprint density at radius 1 is 1.37 bits per heavy atom. The first kappa shape index (κ1) is 11.7. The summed E-state index contributed by atoms with van der Waals surface area (Å²) in [4.78, 5) is 35.6. The third-order valence-corrected chi connectivity index (χ3v) is 3.73. The van der Waals surface area contributed by atoms with E-state index in [2.05, 4.69) is 10.6 Å². The molecule has 6 heteroatoms. The van der Waals surface area contributed by atoms with Gasteiger partial charge < -0.3 is 10.1 Å². The molecule has 1 heterocycles. The van der Waals surface area contributed by atoms with E-state index in [9.17, 15) is 14.4 Å². The number of carbonyl (C=O) groups excluding carboxylic acids is 3. The van der Waals surface area contributed by atoms with E-state index >= 15 is 0 Å². The Hall–Kier alpha value is -2.37. The number of hydrogen-bond acceptors (Lipinski definition) is 4. The van der Waals surface area contributed by atoms with Gasteiger partial charge in [0.05, 0.1) is 7.11 Å². The third kappa shape index (κ3) is 1.46. The van der Waals surface area contributed by atoms with Crippen LogP contribution < -0.4 is 10.6 Å². The Balaban J connectivity index is 2.15. The van der Waals surface area contributed by atoms with Gasteiger partial charge in [0.2, 0.25) is 0 Å². The summed E-state index contributed by atoms with van der Waals surface area (Å²) >= 11 is 0. The van der Waals surface area contributed by atoms with Crippen molar-refractivity contribution >= 4 is 17.9 Å². The van der Waals surface area contributed by atoms with Crippen molar-refractivity contribution < 1.29 is 19.1 Å². The Labute approximate surface area is 109 Å². The molecule has 6 nitrogen and oxygen atoms in total. The number of methoxy groups -OCH3 is 1. The van der Waals surface area contributed by atoms with Crippen molar-refractivity contribution in [1.82, 2.24) is 10.6 Å². The fourth-order valence-electron chi connectivity index (χ4n) is 2.92. The number of imide groups is 1. The highest BCUT2D eigenvalue weighted by molar-refractivity contribution is 6.11. The van der Waals surface area contributed by atoms with Crippen molar-refractivity contribution in [3.8, 4) is 0 Å². The minimum absolute atomic E-state index is 0.292. The Kier molecular flexibility index (Phi) is 2.35. The molecule has 0 saturated carbocycles. The molecular weight excluding hydrogens is 248 g/mol. The molecule has 2 aliphatic rings. The first-order valence-electron chi connectivity index (χ1n) is 5.88. The van der Waals surface area contributed by atoms with E-state index in [-0.39, 0.29) is 0 Å². The van der Waals surface area contributed by atoms with Gasteiger partial charge in [0.25, 0.3) is 5.91 Å². The first-order valence-corrected chi connectivity index (χ1v) is 5.88. The molecule has 1 spiro atoms. The molecule has 1 saturated heterocycles. The summed E-state index contributed by atoms with van der Waals surface area (Å²) in [7, 11) is 1.27. The van der Waals surface area contributed by atoms with E-state index < -0.39 is 29.4 Å². The normalized spacial score (nSPS) is 27.9. The number of hydrogen-bond donors (Lipinski definition) is 2. The zero-order valence-electron chi connectivity index (χ0n) is 10.2. The minimum atomic E-state index is -1.26. The van der Waals surface area contributed by atoms with Gasteiger partial charge in [0.1, 0.15) is 11.5 Å². The maximum atomic E-state index is 12.1. The zero-order valence-corrected chi connectivity index (χ0v) is 10.2. The van der Waals surface area contributed by atoms with Gasteiger partial charge in [-0.15, -0.1) is 0 Å². The van der Waals surface area contributed by atoms with Crippen LogP contribution >= 0.6 is 0 Å². The van der Waals surface area contributed by atoms with E-state index in [1.165, 1.54) is 7.11 Å². The molecule has 2 unspecified atom stereocenters. The average Bonchev–Trinajstić information content (AvgIpc) is 2.86. The summed E-state index contributed by atoms with van der Waals surface area (Å²) in [5.74, 6) is -1.81. The predicted molar refractivity (Wildman–Crippen MR) is 64.3 cm³/mol. The summed E-state index contributed by atoms with van der Waals surface area (Å²) in [6.07, 6.45) is 0.292. The Bertz CT molecular complexity index is 598. The number of rotatable bonds is 1. The van der Waals surface area contributed by atoms with Gasteiger partial charge >= 0.3 is 12.0 Å². The molecule has 1 aliphatic carbocycles. The molecule has 0 aromatic heterocycles. The number of ether oxygens (including phenoxy) is 1. The van der Waals surface area contributed by atoms with E-state index in [1.807, 2.05) is 12.1 Å². The van der Waals surface area contributed by atoms with Crippen LogP contribution in [0.4, 0.5) is 4.79 Å². The Morgan fingerprint density at radius 2 is 2.11 bits per heavy atom. The maximum absolute atomic E-state index is 12.1. The zero-order chi connectivity index (χ0) is 13.6. The molecule has 1 aromatic carbocycles. The summed E-state index contributed by atoms with van der Waals surface area (Å²) < 4.78 is 4.79. The number of urea groups is 1. The van der Waals surface area contributed by atoms with E-state index in [0.717, 1.165) is 11.1 Å². The lowest BCUT2D eigenvalue weighted by Gasteiger charge is -2.26. The SMILES string of the molecule is COC(=O)C1c2ccccc2CC12NC(=O)NC2=O. The van der Waals surface area contributed by atoms with Crippen LogP contribution in [-0.4, -0.2) is 30.6 Å². The van der Waals surface area contributed by atoms with E-state index in [1.54, 1.807) is 12.1 Å². The standard InChI is InChI=1S/C13H12N2O4/c1-19-10(16)9-8-5-3-2-4-7(8)6-13(9)11(17)14-12(18)15-13/h2-5,9H,6H2,1H3,(H2,14,15,17,18). The molecule has 1 aromatic rings. The molecular formula is C13H12N2O4. The molecule has 3 rings (SSSR count). The fourth-order valence-corrected chi connectivity index (χ4v) is 2.92. The molecule has 2 N–H and O–H groups in total. The lowest BCUT2D eigenvalue weighted by Crippen LogP contribution is -2.53. The monoisotopic (exact) mass is 260 g/mol. The molecule has 0 radical (unpaired) electrons. The van der Waals surface area contributed by atoms with Crippen LogP contribution in [0.5, 0.6) is 0 Å². The van der Waals surface area contributed by atoms with Crippen molar-refractivity contribution in [2.75, 3.05) is 7.11 Å². The number of esters is 1. The molecule has 0 bridgehead atoms. The van der Waals surface area contributed by atoms with Crippen LogP contribution in [-0.2, 0) is 20.7 Å². The second-order valence-electron chi connectivity index (χ2n) is 4.71. The molecule has 98 valence electrons. The summed E-state index contributed by atoms with van der Waals surface area (Å²) in [6, 6.07) is 6.68. The van der Waals surface area contributed by atoms with Gasteiger partial charge in [-0.05, 0) is 11.1 Å². The molecule has 19 heavy (non-hydrogen) atoms. The molecule has 2 atom stereocenters. The molecule has 3 amide bonds. The van der Waals surface area contributed by atoms with E-state index in [0.29, 0.717) is 6.42 Å². The van der Waals surface area contributed by atoms with Crippen LogP contribution in [0.1, 0.15) is 17.0 Å². The van der Waals surface area contributed by atoms with Gasteiger partial charge in [0, 0.05) is 6.42 Å². The number of benzene rings is 1. The van der Waals surface area contributed by atoms with Gasteiger partial charge in [-0.3, -0.25) is 14.9 Å². The largest absolute Gasteiger partial charge is 0.468 e. The number of carbonyl (C=O) groups is 3. The van der Waals surface area contributed by atoms with Crippen LogP contribution in [0.3, 0.4) is 0 Å². The van der Waals surface area contributed by atoms with Crippen LogP contribution in [0.15, 0.2) is 24.3 Å². The van der Waals surface area contributed by atoms with Crippen molar-refractivity contribution in [1.29, 1.82) is 0 Å². The third-order valence-electron chi connectivity index (χ3n) is 3.73. The second-order valence-corrected chi connectivity index (χ2v) is 4.71. The lowest BCUT2D eigenvalue weighted by molar-refractivity contribution is -0.146. The smallest absolute Gasteiger partial charge is 0.322 e. The van der Waals surface area contributed by atoms with Gasteiger partial charge in [-0.1, -0.05) is 24.3 Å². The summed E-state index contributed by atoms with van der Waals surface area (Å²) in [6.45, 7) is 0. The lowest BCUT2D eigenvalue weighted by atomic mass is 9.84. The van der Waals surface area contributed by atoms with Gasteiger partial charge in [0.15, 0.2) is 0 Å². The number of amides is 3. The van der Waals surface area contributed by atoms with Crippen LogP contribution in [0.2, 0.25) is 0 Å². The highest BCUT2D eigenvalue weighted by Gasteiger charge is 2.59. The summed E-state index contributed by atoms with van der Waals surface area (Å²) in [5.41, 5.74) is 0.343. The number of nitrogens with one attached hydrogen (secondary N) is 2. The average molecular weight is 260 g/mol. The van der Waals surface area contributed by atoms with Crippen molar-refractivity contribution in [3.63, 3.8) is 0 Å². The first-order chi connectivity index (χ1) is 9.08. The van der Waals surface area contributed by atoms with Gasteiger partial charge in [-0.25, -0.2) is 4.79 Å². The second kappa shape index (κ2) is 3.81. The highest BCUT2D eigenvalue weighted by Crippen LogP contribution is 2.43. The van der Waals surface area contributed by atoms with Crippen LogP contribution in [0.25, 0.3) is 0 Å². The summed E-state index contributed by atoms with van der Waals surface area (Å²) in [5, 5.41) is 4.79. The predicted octanol–water partition coefficient (Wildman–Crippen LogP) is 0.0775. The Morgan fingerprint density at radius 3 is 2.74 bits per heavy atom. The number of fused-ring (bicyclic) bond motifs is 1. The fraction of sp³-hybridized carbons (Fsp3) is 0.308. The highest BCUT2D eigenvalue weighted by atomic mass is 16.5. The quantitative estimate of drug-likeness (QED) is 0.553. The minimum Gasteiger partial charge on any atom is -0.468 e. The van der Waals surface area contributed by atoms with E-state index in [4.69, 9.17) is 4.74 Å². The molecule has 1 aliphatic heterocycles.